The van der Waals surface area contributed by atoms with E-state index in [1.165, 1.54) is 17.6 Å². The van der Waals surface area contributed by atoms with Gasteiger partial charge >= 0.3 is 0 Å². The van der Waals surface area contributed by atoms with Gasteiger partial charge in [0.05, 0.1) is 20.3 Å². The Bertz CT molecular complexity index is 1240. The van der Waals surface area contributed by atoms with Crippen molar-refractivity contribution in [3.63, 3.8) is 0 Å². The Morgan fingerprint density at radius 1 is 1.03 bits per heavy atom. The molecular weight excluding hydrogens is 426 g/mol. The fourth-order valence-corrected chi connectivity index (χ4v) is 6.55. The van der Waals surface area contributed by atoms with Crippen LogP contribution in [0, 0.1) is 0 Å². The topological polar surface area (TPSA) is 88.5 Å². The number of benzene rings is 2. The number of rotatable bonds is 5. The molecule has 0 spiro atoms. The van der Waals surface area contributed by atoms with Gasteiger partial charge in [-0.1, -0.05) is 12.1 Å². The molecule has 1 unspecified atom stereocenters. The summed E-state index contributed by atoms with van der Waals surface area (Å²) in [5.74, 6) is 0.634. The summed E-state index contributed by atoms with van der Waals surface area (Å²) in [5, 5.41) is 5.86. The quantitative estimate of drug-likeness (QED) is 0.618. The summed E-state index contributed by atoms with van der Waals surface area (Å²) in [4.78, 5) is 5.68. The number of hydrogen-bond donors (Lipinski definition) is 1. The molecule has 0 amide bonds. The van der Waals surface area contributed by atoms with E-state index in [-0.39, 0.29) is 4.90 Å². The van der Waals surface area contributed by atoms with Crippen LogP contribution in [0.15, 0.2) is 68.1 Å². The predicted octanol–water partition coefficient (Wildman–Crippen LogP) is 4.58. The van der Waals surface area contributed by atoms with Crippen molar-refractivity contribution in [3.8, 4) is 11.3 Å². The molecule has 0 saturated heterocycles. The second kappa shape index (κ2) is 7.89. The summed E-state index contributed by atoms with van der Waals surface area (Å²) in [6.45, 7) is 0.673. The molecule has 2 aromatic carbocycles. The van der Waals surface area contributed by atoms with E-state index >= 15 is 0 Å². The van der Waals surface area contributed by atoms with Crippen molar-refractivity contribution >= 4 is 41.7 Å². The first-order valence-corrected chi connectivity index (χ1v) is 13.6. The van der Waals surface area contributed by atoms with Gasteiger partial charge in [-0.25, -0.2) is 22.0 Å². The van der Waals surface area contributed by atoms with E-state index in [4.69, 9.17) is 0 Å². The predicted molar refractivity (Wildman–Crippen MR) is 118 cm³/mol. The monoisotopic (exact) mass is 447 g/mol. The Labute approximate surface area is 175 Å². The number of nitrogens with one attached hydrogen (secondary N) is 1. The molecule has 0 radical (unpaired) electrons. The molecule has 0 fully saturated rings. The molecular formula is C20H21N3O3S3. The van der Waals surface area contributed by atoms with Crippen LogP contribution in [0.3, 0.4) is 0 Å². The molecule has 0 aliphatic carbocycles. The average molecular weight is 448 g/mol. The van der Waals surface area contributed by atoms with Crippen molar-refractivity contribution in [1.82, 2.24) is 4.98 Å². The van der Waals surface area contributed by atoms with E-state index in [1.807, 2.05) is 29.6 Å². The van der Waals surface area contributed by atoms with Gasteiger partial charge in [0.25, 0.3) is 0 Å². The number of sulfone groups is 1. The van der Waals surface area contributed by atoms with E-state index in [0.717, 1.165) is 34.7 Å². The van der Waals surface area contributed by atoms with Crippen LogP contribution in [0.5, 0.6) is 0 Å². The summed E-state index contributed by atoms with van der Waals surface area (Å²) in [6.07, 6.45) is 3.16. The van der Waals surface area contributed by atoms with Crippen LogP contribution in [0.2, 0.25) is 0 Å². The third kappa shape index (κ3) is 4.52. The third-order valence-electron chi connectivity index (χ3n) is 4.69. The second-order valence-corrected chi connectivity index (χ2v) is 12.2. The number of thiazole rings is 1. The van der Waals surface area contributed by atoms with Crippen molar-refractivity contribution in [2.24, 2.45) is 4.36 Å². The van der Waals surface area contributed by atoms with Crippen molar-refractivity contribution < 1.29 is 12.6 Å². The highest BCUT2D eigenvalue weighted by Crippen LogP contribution is 2.29. The van der Waals surface area contributed by atoms with Gasteiger partial charge in [-0.15, -0.1) is 11.3 Å². The maximum Gasteiger partial charge on any atom is 0.187 e. The fraction of sp³-hybridized carbons (Fsp3) is 0.250. The van der Waals surface area contributed by atoms with Crippen molar-refractivity contribution in [2.75, 3.05) is 23.9 Å². The molecule has 1 N–H and O–H groups in total. The van der Waals surface area contributed by atoms with Gasteiger partial charge in [-0.05, 0) is 49.2 Å². The Morgan fingerprint density at radius 3 is 2.38 bits per heavy atom. The first kappa shape index (κ1) is 20.1. The molecule has 2 heterocycles. The van der Waals surface area contributed by atoms with Gasteiger partial charge in [0.2, 0.25) is 0 Å². The highest BCUT2D eigenvalue weighted by molar-refractivity contribution is 7.93. The van der Waals surface area contributed by atoms with Gasteiger partial charge in [-0.3, -0.25) is 0 Å². The third-order valence-corrected chi connectivity index (χ3v) is 9.02. The van der Waals surface area contributed by atoms with Crippen LogP contribution in [-0.4, -0.2) is 36.2 Å². The van der Waals surface area contributed by atoms with Gasteiger partial charge in [0.15, 0.2) is 15.0 Å². The lowest BCUT2D eigenvalue weighted by Crippen LogP contribution is -2.12. The van der Waals surface area contributed by atoms with Crippen LogP contribution in [-0.2, 0) is 19.6 Å². The molecule has 1 aromatic heterocycles. The lowest BCUT2D eigenvalue weighted by molar-refractivity contribution is 0.602. The molecule has 6 nitrogen and oxygen atoms in total. The SMILES string of the molecule is CS(=O)(=O)c1ccc(Nc2nc(-c3ccc(S4(=O)=NCCCC4)cc3)cs2)cc1. The number of nitrogens with zero attached hydrogens (tertiary/aromatic N) is 2. The van der Waals surface area contributed by atoms with Gasteiger partial charge in [0, 0.05) is 40.1 Å². The van der Waals surface area contributed by atoms with Crippen LogP contribution >= 0.6 is 11.3 Å². The Balaban J connectivity index is 1.50. The van der Waals surface area contributed by atoms with Crippen LogP contribution in [0.4, 0.5) is 10.8 Å². The number of hydrogen-bond acceptors (Lipinski definition) is 7. The van der Waals surface area contributed by atoms with Crippen LogP contribution in [0.1, 0.15) is 12.8 Å². The average Bonchev–Trinajstić information content (AvgIpc) is 3.17. The van der Waals surface area contributed by atoms with E-state index in [2.05, 4.69) is 14.7 Å². The molecule has 29 heavy (non-hydrogen) atoms. The molecule has 1 aliphatic rings. The van der Waals surface area contributed by atoms with Gasteiger partial charge in [0.1, 0.15) is 0 Å². The smallest absolute Gasteiger partial charge is 0.187 e. The standard InChI is InChI=1S/C20H21N3O3S3/c1-28(24,25)17-10-6-16(7-11-17)22-20-23-19(14-27-20)15-4-8-18(9-5-15)29(26)13-3-2-12-21-29/h4-11,14H,2-3,12-13H2,1H3,(H,22,23). The first-order valence-electron chi connectivity index (χ1n) is 9.17. The molecule has 9 heteroatoms. The Kier molecular flexibility index (Phi) is 5.46. The molecule has 0 saturated carbocycles. The normalized spacial score (nSPS) is 19.5. The lowest BCUT2D eigenvalue weighted by Gasteiger charge is -2.14. The van der Waals surface area contributed by atoms with Crippen molar-refractivity contribution in [3.05, 3.63) is 53.9 Å². The van der Waals surface area contributed by atoms with E-state index in [0.29, 0.717) is 17.4 Å². The fourth-order valence-electron chi connectivity index (χ4n) is 3.09. The van der Waals surface area contributed by atoms with Crippen molar-refractivity contribution in [2.45, 2.75) is 22.6 Å². The van der Waals surface area contributed by atoms with E-state index < -0.39 is 19.6 Å². The Morgan fingerprint density at radius 2 is 1.76 bits per heavy atom. The maximum atomic E-state index is 12.9. The van der Waals surface area contributed by atoms with E-state index in [1.54, 1.807) is 24.3 Å². The van der Waals surface area contributed by atoms with Gasteiger partial charge in [-0.2, -0.15) is 0 Å². The maximum absolute atomic E-state index is 12.9. The summed E-state index contributed by atoms with van der Waals surface area (Å²) in [7, 11) is -5.47. The highest BCUT2D eigenvalue weighted by Gasteiger charge is 2.16. The van der Waals surface area contributed by atoms with Crippen LogP contribution < -0.4 is 5.32 Å². The molecule has 1 aliphatic heterocycles. The summed E-state index contributed by atoms with van der Waals surface area (Å²) < 4.78 is 40.4. The highest BCUT2D eigenvalue weighted by atomic mass is 32.2. The minimum atomic E-state index is -3.21. The minimum Gasteiger partial charge on any atom is -0.332 e. The second-order valence-electron chi connectivity index (χ2n) is 6.89. The molecule has 3 aromatic rings. The van der Waals surface area contributed by atoms with Crippen molar-refractivity contribution in [1.29, 1.82) is 0 Å². The largest absolute Gasteiger partial charge is 0.332 e. The number of anilines is 2. The lowest BCUT2D eigenvalue weighted by atomic mass is 10.2. The van der Waals surface area contributed by atoms with Crippen LogP contribution in [0.25, 0.3) is 11.3 Å². The summed E-state index contributed by atoms with van der Waals surface area (Å²) in [5.41, 5.74) is 2.54. The molecule has 1 atom stereocenters. The molecule has 152 valence electrons. The zero-order chi connectivity index (χ0) is 20.5. The Hall–Kier alpha value is -2.23. The zero-order valence-electron chi connectivity index (χ0n) is 15.9. The number of aromatic nitrogens is 1. The minimum absolute atomic E-state index is 0.283. The first-order chi connectivity index (χ1) is 13.8. The summed E-state index contributed by atoms with van der Waals surface area (Å²) in [6, 6.07) is 14.2. The van der Waals surface area contributed by atoms with E-state index in [9.17, 15) is 12.6 Å². The summed E-state index contributed by atoms with van der Waals surface area (Å²) >= 11 is 1.46. The zero-order valence-corrected chi connectivity index (χ0v) is 18.3. The molecule has 4 rings (SSSR count). The molecule has 0 bridgehead atoms. The van der Waals surface area contributed by atoms with Gasteiger partial charge < -0.3 is 5.32 Å².